The van der Waals surface area contributed by atoms with Crippen molar-refractivity contribution in [2.24, 2.45) is 4.99 Å². The summed E-state index contributed by atoms with van der Waals surface area (Å²) in [6.45, 7) is 4.10. The van der Waals surface area contributed by atoms with Gasteiger partial charge in [-0.2, -0.15) is 0 Å². The number of aromatic nitrogens is 2. The Hall–Kier alpha value is -3.91. The van der Waals surface area contributed by atoms with E-state index in [1.54, 1.807) is 32.7 Å². The molecule has 0 saturated carbocycles. The average Bonchev–Trinajstić information content (AvgIpc) is 3.22. The van der Waals surface area contributed by atoms with Crippen LogP contribution in [-0.2, 0) is 0 Å². The number of hydrogen-bond acceptors (Lipinski definition) is 7. The molecule has 0 unspecified atom stereocenters. The molecule has 8 heteroatoms. The van der Waals surface area contributed by atoms with E-state index >= 15 is 0 Å². The lowest BCUT2D eigenvalue weighted by Gasteiger charge is -2.14. The van der Waals surface area contributed by atoms with Crippen molar-refractivity contribution in [3.63, 3.8) is 0 Å². The largest absolute Gasteiger partial charge is 0.497 e. The Balaban J connectivity index is 1.77. The third kappa shape index (κ3) is 4.49. The van der Waals surface area contributed by atoms with Gasteiger partial charge in [-0.05, 0) is 48.5 Å². The number of rotatable bonds is 6. The molecular weight excluding hydrogens is 410 g/mol. The van der Waals surface area contributed by atoms with E-state index < -0.39 is 0 Å². The maximum atomic E-state index is 6.28. The lowest BCUT2D eigenvalue weighted by molar-refractivity contribution is 0.413. The maximum Gasteiger partial charge on any atom is 0.274 e. The molecule has 2 aromatic carbocycles. The molecule has 0 amide bonds. The summed E-state index contributed by atoms with van der Waals surface area (Å²) in [5.41, 5.74) is 10.6. The van der Waals surface area contributed by atoms with Crippen molar-refractivity contribution >= 4 is 44.5 Å². The molecular formula is C23H21N5O2S. The molecule has 4 rings (SSSR count). The van der Waals surface area contributed by atoms with Crippen LogP contribution in [0.2, 0.25) is 0 Å². The summed E-state index contributed by atoms with van der Waals surface area (Å²) in [6.07, 6.45) is 3.42. The first-order valence-corrected chi connectivity index (χ1v) is 10.2. The molecule has 7 nitrogen and oxygen atoms in total. The highest BCUT2D eigenvalue weighted by Gasteiger charge is 2.13. The van der Waals surface area contributed by atoms with E-state index in [9.17, 15) is 0 Å². The second kappa shape index (κ2) is 8.85. The number of pyridine rings is 1. The Morgan fingerprint density at radius 1 is 1.13 bits per heavy atom. The zero-order chi connectivity index (χ0) is 21.8. The van der Waals surface area contributed by atoms with Gasteiger partial charge in [-0.3, -0.25) is 4.98 Å². The van der Waals surface area contributed by atoms with Crippen molar-refractivity contribution in [1.82, 2.24) is 9.97 Å². The van der Waals surface area contributed by atoms with Crippen LogP contribution in [-0.4, -0.2) is 30.0 Å². The number of nitrogen functional groups attached to an aromatic ring is 1. The van der Waals surface area contributed by atoms with Crippen LogP contribution in [0.25, 0.3) is 15.9 Å². The Kier molecular flexibility index (Phi) is 5.81. The molecule has 0 aliphatic rings. The van der Waals surface area contributed by atoms with Crippen molar-refractivity contribution in [2.75, 3.05) is 25.3 Å². The number of nitrogens with one attached hydrogen (secondary N) is 1. The molecule has 31 heavy (non-hydrogen) atoms. The molecule has 2 aromatic heterocycles. The summed E-state index contributed by atoms with van der Waals surface area (Å²) < 4.78 is 11.6. The van der Waals surface area contributed by atoms with Gasteiger partial charge in [0, 0.05) is 34.9 Å². The number of anilines is 2. The summed E-state index contributed by atoms with van der Waals surface area (Å²) in [7, 11) is 3.22. The third-order valence-electron chi connectivity index (χ3n) is 4.56. The molecule has 4 aromatic rings. The monoisotopic (exact) mass is 431 g/mol. The highest BCUT2D eigenvalue weighted by Crippen LogP contribution is 2.30. The number of ether oxygens (including phenoxy) is 2. The first-order valence-electron chi connectivity index (χ1n) is 9.41. The number of amidine groups is 1. The number of methoxy groups -OCH3 is 2. The van der Waals surface area contributed by atoms with Gasteiger partial charge in [-0.25, -0.2) is 9.98 Å². The van der Waals surface area contributed by atoms with Crippen LogP contribution in [0.1, 0.15) is 11.1 Å². The highest BCUT2D eigenvalue weighted by molar-refractivity contribution is 7.20. The summed E-state index contributed by atoms with van der Waals surface area (Å²) in [5.74, 6) is 1.22. The zero-order valence-corrected chi connectivity index (χ0v) is 17.9. The third-order valence-corrected chi connectivity index (χ3v) is 5.54. The quantitative estimate of drug-likeness (QED) is 0.258. The van der Waals surface area contributed by atoms with Gasteiger partial charge in [0.25, 0.3) is 5.19 Å². The van der Waals surface area contributed by atoms with E-state index in [-0.39, 0.29) is 0 Å². The first-order chi connectivity index (χ1) is 15.1. The molecule has 156 valence electrons. The molecule has 0 bridgehead atoms. The van der Waals surface area contributed by atoms with E-state index in [1.165, 1.54) is 11.3 Å². The predicted molar refractivity (Wildman–Crippen MR) is 127 cm³/mol. The van der Waals surface area contributed by atoms with Crippen molar-refractivity contribution < 1.29 is 9.47 Å². The van der Waals surface area contributed by atoms with Crippen LogP contribution in [0, 0.1) is 0 Å². The maximum absolute atomic E-state index is 6.28. The van der Waals surface area contributed by atoms with Gasteiger partial charge in [-0.1, -0.05) is 17.9 Å². The normalized spacial score (nSPS) is 11.4. The van der Waals surface area contributed by atoms with Crippen molar-refractivity contribution in [3.8, 4) is 10.9 Å². The van der Waals surface area contributed by atoms with Gasteiger partial charge in [0.1, 0.15) is 11.6 Å². The molecule has 2 heterocycles. The second-order valence-electron chi connectivity index (χ2n) is 6.59. The van der Waals surface area contributed by atoms with Gasteiger partial charge >= 0.3 is 0 Å². The summed E-state index contributed by atoms with van der Waals surface area (Å²) in [6, 6.07) is 15.0. The molecule has 0 atom stereocenters. The topological polar surface area (TPSA) is 94.7 Å². The first kappa shape index (κ1) is 20.4. The molecule has 0 aliphatic carbocycles. The van der Waals surface area contributed by atoms with Crippen molar-refractivity contribution in [2.45, 2.75) is 0 Å². The number of benzene rings is 2. The van der Waals surface area contributed by atoms with Gasteiger partial charge in [0.2, 0.25) is 0 Å². The summed E-state index contributed by atoms with van der Waals surface area (Å²) in [5, 5.41) is 3.99. The fraction of sp³-hybridized carbons (Fsp3) is 0.0870. The van der Waals surface area contributed by atoms with Crippen molar-refractivity contribution in [3.05, 3.63) is 78.6 Å². The van der Waals surface area contributed by atoms with E-state index in [2.05, 4.69) is 21.9 Å². The summed E-state index contributed by atoms with van der Waals surface area (Å²) >= 11 is 1.47. The molecule has 3 N–H and O–H groups in total. The lowest BCUT2D eigenvalue weighted by Crippen LogP contribution is -2.16. The number of aliphatic imine (C=N–C) groups is 1. The van der Waals surface area contributed by atoms with Gasteiger partial charge in [0.05, 0.1) is 30.1 Å². The zero-order valence-electron chi connectivity index (χ0n) is 17.1. The van der Waals surface area contributed by atoms with Gasteiger partial charge < -0.3 is 20.5 Å². The SMILES string of the molecule is C=C(/N=C(/Nc1ccc2nc(OC)sc2c1)c1cc(OC)ccc1N)c1cccnc1. The Morgan fingerprint density at radius 3 is 2.74 bits per heavy atom. The van der Waals surface area contributed by atoms with Crippen LogP contribution in [0.3, 0.4) is 0 Å². The van der Waals surface area contributed by atoms with Crippen LogP contribution >= 0.6 is 11.3 Å². The van der Waals surface area contributed by atoms with Crippen LogP contribution < -0.4 is 20.5 Å². The minimum atomic E-state index is 0.543. The number of hydrogen-bond donors (Lipinski definition) is 2. The Labute approximate surface area is 183 Å². The molecule has 0 fully saturated rings. The van der Waals surface area contributed by atoms with Crippen molar-refractivity contribution in [1.29, 1.82) is 0 Å². The smallest absolute Gasteiger partial charge is 0.274 e. The van der Waals surface area contributed by atoms with Crippen LogP contribution in [0.15, 0.2) is 72.5 Å². The Bertz CT molecular complexity index is 1270. The second-order valence-corrected chi connectivity index (χ2v) is 7.59. The van der Waals surface area contributed by atoms with Gasteiger partial charge in [0.15, 0.2) is 0 Å². The standard InChI is InChI=1S/C23H21N5O2S/c1-14(15-5-4-10-25-13-15)26-22(18-12-17(29-2)7-8-19(18)24)27-16-6-9-20-21(11-16)31-23(28-20)30-3/h4-13H,1,24H2,2-3H3,(H,26,27). The van der Waals surface area contributed by atoms with E-state index in [0.29, 0.717) is 33.7 Å². The van der Waals surface area contributed by atoms with E-state index in [4.69, 9.17) is 20.2 Å². The number of nitrogens with zero attached hydrogens (tertiary/aromatic N) is 3. The number of nitrogens with two attached hydrogens (primary N) is 1. The fourth-order valence-electron chi connectivity index (χ4n) is 2.96. The molecule has 0 saturated heterocycles. The molecule has 0 spiro atoms. The lowest BCUT2D eigenvalue weighted by atomic mass is 10.1. The number of fused-ring (bicyclic) bond motifs is 1. The summed E-state index contributed by atoms with van der Waals surface area (Å²) in [4.78, 5) is 13.3. The molecule has 0 aliphatic heterocycles. The minimum absolute atomic E-state index is 0.543. The van der Waals surface area contributed by atoms with Crippen LogP contribution in [0.4, 0.5) is 11.4 Å². The highest BCUT2D eigenvalue weighted by atomic mass is 32.1. The fourth-order valence-corrected chi connectivity index (χ4v) is 3.78. The Morgan fingerprint density at radius 2 is 2.00 bits per heavy atom. The predicted octanol–water partition coefficient (Wildman–Crippen LogP) is 4.82. The van der Waals surface area contributed by atoms with Crippen LogP contribution in [0.5, 0.6) is 10.9 Å². The number of thiazole rings is 1. The molecule has 0 radical (unpaired) electrons. The van der Waals surface area contributed by atoms with E-state index in [0.717, 1.165) is 21.5 Å². The van der Waals surface area contributed by atoms with Gasteiger partial charge in [-0.15, -0.1) is 0 Å². The van der Waals surface area contributed by atoms with E-state index in [1.807, 2.05) is 42.5 Å². The average molecular weight is 432 g/mol. The minimum Gasteiger partial charge on any atom is -0.497 e.